The molecule has 8 heteroatoms. The van der Waals surface area contributed by atoms with Gasteiger partial charge >= 0.3 is 0 Å². The lowest BCUT2D eigenvalue weighted by Crippen LogP contribution is -2.53. The van der Waals surface area contributed by atoms with Crippen LogP contribution >= 0.6 is 24.0 Å². The first-order chi connectivity index (χ1) is 12.8. The first-order valence-corrected chi connectivity index (χ1v) is 10.0. The van der Waals surface area contributed by atoms with Crippen molar-refractivity contribution in [3.8, 4) is 0 Å². The van der Waals surface area contributed by atoms with Gasteiger partial charge in [0.05, 0.1) is 6.54 Å². The number of aliphatic imine (C=N–C) groups is 1. The minimum atomic E-state index is 0. The maximum Gasteiger partial charge on any atom is 0.225 e. The molecule has 0 bridgehead atoms. The van der Waals surface area contributed by atoms with E-state index in [-0.39, 0.29) is 24.0 Å². The van der Waals surface area contributed by atoms with Gasteiger partial charge in [-0.25, -0.2) is 9.97 Å². The van der Waals surface area contributed by atoms with E-state index in [0.29, 0.717) is 0 Å². The molecule has 0 aliphatic carbocycles. The average molecular weight is 487 g/mol. The third kappa shape index (κ3) is 6.74. The summed E-state index contributed by atoms with van der Waals surface area (Å²) in [5.74, 6) is 2.76. The van der Waals surface area contributed by atoms with Crippen molar-refractivity contribution in [2.24, 2.45) is 10.9 Å². The quantitative estimate of drug-likeness (QED) is 0.389. The summed E-state index contributed by atoms with van der Waals surface area (Å²) in [5, 5.41) is 3.46. The fraction of sp³-hybridized carbons (Fsp3) is 0.737. The highest BCUT2D eigenvalue weighted by Crippen LogP contribution is 2.15. The van der Waals surface area contributed by atoms with Gasteiger partial charge in [0.1, 0.15) is 0 Å². The molecule has 2 fully saturated rings. The maximum atomic E-state index is 4.89. The molecule has 0 saturated carbocycles. The predicted molar refractivity (Wildman–Crippen MR) is 122 cm³/mol. The molecule has 1 aromatic heterocycles. The third-order valence-electron chi connectivity index (χ3n) is 5.30. The minimum Gasteiger partial charge on any atom is -0.357 e. The molecule has 2 aliphatic heterocycles. The Morgan fingerprint density at radius 3 is 2.41 bits per heavy atom. The Bertz CT molecular complexity index is 552. The average Bonchev–Trinajstić information content (AvgIpc) is 2.70. The molecular formula is C19H34IN7. The Hall–Kier alpha value is -1.16. The van der Waals surface area contributed by atoms with Crippen molar-refractivity contribution in [2.75, 3.05) is 63.8 Å². The molecule has 1 aromatic rings. The molecule has 0 aromatic carbocycles. The molecule has 27 heavy (non-hydrogen) atoms. The molecule has 152 valence electrons. The number of hydrogen-bond donors (Lipinski definition) is 1. The summed E-state index contributed by atoms with van der Waals surface area (Å²) in [4.78, 5) is 20.8. The minimum absolute atomic E-state index is 0. The number of hydrogen-bond acceptors (Lipinski definition) is 5. The molecule has 0 radical (unpaired) electrons. The van der Waals surface area contributed by atoms with Gasteiger partial charge in [-0.3, -0.25) is 4.99 Å². The number of anilines is 1. The molecule has 0 amide bonds. The van der Waals surface area contributed by atoms with E-state index in [1.165, 1.54) is 25.9 Å². The van der Waals surface area contributed by atoms with Gasteiger partial charge in [-0.15, -0.1) is 24.0 Å². The van der Waals surface area contributed by atoms with Crippen molar-refractivity contribution >= 4 is 35.9 Å². The van der Waals surface area contributed by atoms with Crippen LogP contribution in [0.4, 0.5) is 5.95 Å². The van der Waals surface area contributed by atoms with Crippen molar-refractivity contribution in [1.82, 2.24) is 25.1 Å². The van der Waals surface area contributed by atoms with Crippen LogP contribution in [0.2, 0.25) is 0 Å². The Morgan fingerprint density at radius 2 is 1.78 bits per heavy atom. The highest BCUT2D eigenvalue weighted by Gasteiger charge is 2.21. The van der Waals surface area contributed by atoms with E-state index in [1.807, 2.05) is 18.5 Å². The second-order valence-corrected chi connectivity index (χ2v) is 7.28. The summed E-state index contributed by atoms with van der Waals surface area (Å²) >= 11 is 0. The largest absolute Gasteiger partial charge is 0.357 e. The SMILES string of the molecule is CCNC(=NCCN1CCC(C)CC1)N1CCN(c2ncccn2)CC1.I. The first kappa shape index (κ1) is 22.1. The second kappa shape index (κ2) is 11.6. The highest BCUT2D eigenvalue weighted by molar-refractivity contribution is 14.0. The van der Waals surface area contributed by atoms with Gasteiger partial charge in [-0.05, 0) is 44.8 Å². The van der Waals surface area contributed by atoms with E-state index >= 15 is 0 Å². The van der Waals surface area contributed by atoms with Gasteiger partial charge in [0.2, 0.25) is 5.95 Å². The zero-order valence-corrected chi connectivity index (χ0v) is 19.0. The summed E-state index contributed by atoms with van der Waals surface area (Å²) in [6, 6.07) is 1.86. The van der Waals surface area contributed by atoms with E-state index in [4.69, 9.17) is 4.99 Å². The summed E-state index contributed by atoms with van der Waals surface area (Å²) in [5.41, 5.74) is 0. The van der Waals surface area contributed by atoms with Gasteiger partial charge in [0, 0.05) is 51.7 Å². The molecule has 0 unspecified atom stereocenters. The number of piperidine rings is 1. The summed E-state index contributed by atoms with van der Waals surface area (Å²) in [6.07, 6.45) is 6.27. The number of nitrogens with zero attached hydrogens (tertiary/aromatic N) is 6. The van der Waals surface area contributed by atoms with Gasteiger partial charge in [0.25, 0.3) is 0 Å². The highest BCUT2D eigenvalue weighted by atomic mass is 127. The van der Waals surface area contributed by atoms with Gasteiger partial charge < -0.3 is 20.0 Å². The first-order valence-electron chi connectivity index (χ1n) is 10.0. The summed E-state index contributed by atoms with van der Waals surface area (Å²) in [6.45, 7) is 13.5. The molecule has 3 heterocycles. The van der Waals surface area contributed by atoms with Crippen LogP contribution in [0.15, 0.2) is 23.5 Å². The summed E-state index contributed by atoms with van der Waals surface area (Å²) < 4.78 is 0. The zero-order valence-electron chi connectivity index (χ0n) is 16.7. The van der Waals surface area contributed by atoms with Crippen LogP contribution in [0.5, 0.6) is 0 Å². The van der Waals surface area contributed by atoms with Crippen LogP contribution in [-0.2, 0) is 0 Å². The van der Waals surface area contributed by atoms with E-state index in [1.54, 1.807) is 0 Å². The zero-order chi connectivity index (χ0) is 18.2. The molecular weight excluding hydrogens is 453 g/mol. The lowest BCUT2D eigenvalue weighted by atomic mass is 9.99. The Labute approximate surface area is 180 Å². The molecule has 2 saturated heterocycles. The molecule has 3 rings (SSSR count). The number of halogens is 1. The van der Waals surface area contributed by atoms with Crippen molar-refractivity contribution in [3.05, 3.63) is 18.5 Å². The topological polar surface area (TPSA) is 59.9 Å². The van der Waals surface area contributed by atoms with Crippen molar-refractivity contribution in [2.45, 2.75) is 26.7 Å². The Balaban J connectivity index is 0.00000261. The van der Waals surface area contributed by atoms with Crippen LogP contribution in [0.25, 0.3) is 0 Å². The van der Waals surface area contributed by atoms with Gasteiger partial charge in [-0.2, -0.15) is 0 Å². The van der Waals surface area contributed by atoms with Crippen LogP contribution in [0.3, 0.4) is 0 Å². The number of rotatable bonds is 5. The fourth-order valence-corrected chi connectivity index (χ4v) is 3.58. The standard InChI is InChI=1S/C19H33N7.HI/c1-3-20-18(23-9-12-24-10-5-17(2)6-11-24)25-13-15-26(16-14-25)19-21-7-4-8-22-19;/h4,7-8,17H,3,5-6,9-16H2,1-2H3,(H,20,23);1H. The lowest BCUT2D eigenvalue weighted by Gasteiger charge is -2.36. The number of aromatic nitrogens is 2. The van der Waals surface area contributed by atoms with Gasteiger partial charge in [0.15, 0.2) is 5.96 Å². The molecule has 0 atom stereocenters. The smallest absolute Gasteiger partial charge is 0.225 e. The van der Waals surface area contributed by atoms with Gasteiger partial charge in [-0.1, -0.05) is 6.92 Å². The van der Waals surface area contributed by atoms with Crippen LogP contribution in [0.1, 0.15) is 26.7 Å². The van der Waals surface area contributed by atoms with Crippen molar-refractivity contribution in [3.63, 3.8) is 0 Å². The van der Waals surface area contributed by atoms with Crippen LogP contribution < -0.4 is 10.2 Å². The predicted octanol–water partition coefficient (Wildman–Crippen LogP) is 1.91. The maximum absolute atomic E-state index is 4.89. The van der Waals surface area contributed by atoms with E-state index in [0.717, 1.165) is 63.6 Å². The number of nitrogens with one attached hydrogen (secondary N) is 1. The van der Waals surface area contributed by atoms with E-state index in [2.05, 4.69) is 43.8 Å². The van der Waals surface area contributed by atoms with E-state index in [9.17, 15) is 0 Å². The molecule has 1 N–H and O–H groups in total. The van der Waals surface area contributed by atoms with Crippen molar-refractivity contribution < 1.29 is 0 Å². The molecule has 2 aliphatic rings. The Kier molecular flexibility index (Phi) is 9.53. The monoisotopic (exact) mass is 487 g/mol. The van der Waals surface area contributed by atoms with Crippen LogP contribution in [0, 0.1) is 5.92 Å². The normalized spacial score (nSPS) is 19.7. The molecule has 0 spiro atoms. The van der Waals surface area contributed by atoms with Crippen molar-refractivity contribution in [1.29, 1.82) is 0 Å². The molecule has 7 nitrogen and oxygen atoms in total. The van der Waals surface area contributed by atoms with Crippen LogP contribution in [-0.4, -0.2) is 84.6 Å². The number of likely N-dealkylation sites (tertiary alicyclic amines) is 1. The summed E-state index contributed by atoms with van der Waals surface area (Å²) in [7, 11) is 0. The number of guanidine groups is 1. The van der Waals surface area contributed by atoms with E-state index < -0.39 is 0 Å². The fourth-order valence-electron chi connectivity index (χ4n) is 3.58. The third-order valence-corrected chi connectivity index (χ3v) is 5.30. The second-order valence-electron chi connectivity index (χ2n) is 7.28. The Morgan fingerprint density at radius 1 is 1.11 bits per heavy atom. The lowest BCUT2D eigenvalue weighted by molar-refractivity contribution is 0.197. The number of piperazine rings is 1.